The molecule has 0 spiro atoms. The highest BCUT2D eigenvalue weighted by Gasteiger charge is 2.18. The van der Waals surface area contributed by atoms with Crippen LogP contribution in [0.1, 0.15) is 0 Å². The Morgan fingerprint density at radius 2 is 1.05 bits per heavy atom. The number of fused-ring (bicyclic) bond motifs is 8. The maximum absolute atomic E-state index is 6.17. The van der Waals surface area contributed by atoms with Crippen LogP contribution in [0.4, 0.5) is 0 Å². The van der Waals surface area contributed by atoms with Gasteiger partial charge in [0.15, 0.2) is 11.2 Å². The predicted molar refractivity (Wildman–Crippen MR) is 180 cm³/mol. The average Bonchev–Trinajstić information content (AvgIpc) is 3.85. The molecule has 0 amide bonds. The topological polar surface area (TPSA) is 57.0 Å². The summed E-state index contributed by atoms with van der Waals surface area (Å²) in [5, 5.41) is 4.76. The molecule has 0 unspecified atom stereocenters. The third-order valence-electron chi connectivity index (χ3n) is 8.47. The molecule has 0 radical (unpaired) electrons. The van der Waals surface area contributed by atoms with E-state index >= 15 is 0 Å². The van der Waals surface area contributed by atoms with Crippen molar-refractivity contribution < 1.29 is 8.83 Å². The monoisotopic (exact) mass is 583 g/mol. The van der Waals surface area contributed by atoms with E-state index in [0.29, 0.717) is 11.8 Å². The lowest BCUT2D eigenvalue weighted by Crippen LogP contribution is -1.93. The number of hydrogen-bond donors (Lipinski definition) is 0. The Labute approximate surface area is 254 Å². The van der Waals surface area contributed by atoms with Gasteiger partial charge in [0.05, 0.1) is 11.0 Å². The standard InChI is InChI=1S/C38H21N3O2S/c1-6-12-35-25(7-1)28-21-24(15-18-36(28)44-35)41-31-16-13-22(37-39-29-8-2-4-10-33(29)42-37)19-26(31)27-20-23(14-17-32(27)41)38-40-30-9-3-5-11-34(30)43-38/h1-21H. The van der Waals surface area contributed by atoms with Crippen LogP contribution in [-0.2, 0) is 0 Å². The fourth-order valence-electron chi connectivity index (χ4n) is 6.41. The minimum absolute atomic E-state index is 0.607. The first kappa shape index (κ1) is 23.8. The molecule has 10 aromatic rings. The van der Waals surface area contributed by atoms with Crippen LogP contribution in [0.5, 0.6) is 0 Å². The van der Waals surface area contributed by atoms with Gasteiger partial charge in [0.2, 0.25) is 11.8 Å². The first-order chi connectivity index (χ1) is 21.8. The van der Waals surface area contributed by atoms with Crippen LogP contribution in [0, 0.1) is 0 Å². The zero-order chi connectivity index (χ0) is 28.8. The number of hydrogen-bond acceptors (Lipinski definition) is 5. The van der Waals surface area contributed by atoms with E-state index in [0.717, 1.165) is 60.8 Å². The Morgan fingerprint density at radius 1 is 0.477 bits per heavy atom. The van der Waals surface area contributed by atoms with Gasteiger partial charge in [-0.25, -0.2) is 9.97 Å². The van der Waals surface area contributed by atoms with E-state index < -0.39 is 0 Å². The van der Waals surface area contributed by atoms with E-state index in [9.17, 15) is 0 Å². The summed E-state index contributed by atoms with van der Waals surface area (Å²) < 4.78 is 17.3. The van der Waals surface area contributed by atoms with Gasteiger partial charge in [-0.15, -0.1) is 11.3 Å². The summed E-state index contributed by atoms with van der Waals surface area (Å²) in [7, 11) is 0. The van der Waals surface area contributed by atoms with Gasteiger partial charge in [0.25, 0.3) is 0 Å². The van der Waals surface area contributed by atoms with E-state index in [2.05, 4.69) is 83.4 Å². The summed E-state index contributed by atoms with van der Waals surface area (Å²) in [6, 6.07) is 44.1. The zero-order valence-electron chi connectivity index (χ0n) is 23.2. The first-order valence-electron chi connectivity index (χ1n) is 14.5. The van der Waals surface area contributed by atoms with Crippen LogP contribution >= 0.6 is 11.3 Å². The molecule has 6 heteroatoms. The third-order valence-corrected chi connectivity index (χ3v) is 9.62. The lowest BCUT2D eigenvalue weighted by molar-refractivity contribution is 0.619. The van der Waals surface area contributed by atoms with E-state index in [1.165, 1.54) is 20.2 Å². The summed E-state index contributed by atoms with van der Waals surface area (Å²) in [5.41, 5.74) is 8.43. The molecule has 0 saturated heterocycles. The van der Waals surface area contributed by atoms with Crippen molar-refractivity contribution in [1.82, 2.24) is 14.5 Å². The molecule has 4 heterocycles. The molecule has 4 aromatic heterocycles. The van der Waals surface area contributed by atoms with Crippen molar-refractivity contribution in [3.63, 3.8) is 0 Å². The Bertz CT molecular complexity index is 2550. The minimum atomic E-state index is 0.607. The van der Waals surface area contributed by atoms with E-state index in [4.69, 9.17) is 18.8 Å². The normalized spacial score (nSPS) is 12.1. The van der Waals surface area contributed by atoms with Crippen molar-refractivity contribution in [1.29, 1.82) is 0 Å². The van der Waals surface area contributed by atoms with Crippen molar-refractivity contribution in [2.45, 2.75) is 0 Å². The van der Waals surface area contributed by atoms with Crippen molar-refractivity contribution >= 4 is 75.5 Å². The summed E-state index contributed by atoms with van der Waals surface area (Å²) >= 11 is 1.83. The van der Waals surface area contributed by atoms with Gasteiger partial charge < -0.3 is 13.4 Å². The predicted octanol–water partition coefficient (Wildman–Crippen LogP) is 10.8. The highest BCUT2D eigenvalue weighted by molar-refractivity contribution is 7.25. The lowest BCUT2D eigenvalue weighted by atomic mass is 10.1. The molecular weight excluding hydrogens is 563 g/mol. The second-order valence-electron chi connectivity index (χ2n) is 11.1. The maximum atomic E-state index is 6.17. The van der Waals surface area contributed by atoms with Gasteiger partial charge in [-0.2, -0.15) is 0 Å². The summed E-state index contributed by atoms with van der Waals surface area (Å²) in [5.74, 6) is 1.21. The fourth-order valence-corrected chi connectivity index (χ4v) is 7.50. The summed E-state index contributed by atoms with van der Waals surface area (Å²) in [4.78, 5) is 9.57. The van der Waals surface area contributed by atoms with E-state index in [-0.39, 0.29) is 0 Å². The van der Waals surface area contributed by atoms with Crippen LogP contribution in [0.15, 0.2) is 136 Å². The minimum Gasteiger partial charge on any atom is -0.436 e. The number of thiophene rings is 1. The smallest absolute Gasteiger partial charge is 0.227 e. The molecule has 44 heavy (non-hydrogen) atoms. The molecule has 0 N–H and O–H groups in total. The molecule has 0 aliphatic rings. The molecule has 0 atom stereocenters. The Morgan fingerprint density at radius 3 is 1.68 bits per heavy atom. The van der Waals surface area contributed by atoms with Crippen LogP contribution in [-0.4, -0.2) is 14.5 Å². The molecule has 0 saturated carbocycles. The third kappa shape index (κ3) is 3.46. The number of nitrogens with zero attached hydrogens (tertiary/aromatic N) is 3. The number of para-hydroxylation sites is 4. The van der Waals surface area contributed by atoms with Gasteiger partial charge in [0, 0.05) is 47.8 Å². The number of oxazole rings is 2. The summed E-state index contributed by atoms with van der Waals surface area (Å²) in [6.07, 6.45) is 0. The summed E-state index contributed by atoms with van der Waals surface area (Å²) in [6.45, 7) is 0. The van der Waals surface area contributed by atoms with Gasteiger partial charge in [0.1, 0.15) is 11.0 Å². The van der Waals surface area contributed by atoms with Crippen molar-refractivity contribution in [2.75, 3.05) is 0 Å². The molecule has 10 rings (SSSR count). The van der Waals surface area contributed by atoms with E-state index in [1.807, 2.05) is 59.9 Å². The molecule has 0 aliphatic carbocycles. The second-order valence-corrected chi connectivity index (χ2v) is 12.1. The second kappa shape index (κ2) is 8.89. The lowest BCUT2D eigenvalue weighted by Gasteiger charge is -2.09. The van der Waals surface area contributed by atoms with Crippen LogP contribution < -0.4 is 0 Å². The highest BCUT2D eigenvalue weighted by Crippen LogP contribution is 2.40. The maximum Gasteiger partial charge on any atom is 0.227 e. The quantitative estimate of drug-likeness (QED) is 0.208. The highest BCUT2D eigenvalue weighted by atomic mass is 32.1. The molecule has 206 valence electrons. The molecule has 6 aromatic carbocycles. The number of rotatable bonds is 3. The number of benzene rings is 6. The fraction of sp³-hybridized carbons (Fsp3) is 0. The largest absolute Gasteiger partial charge is 0.436 e. The molecule has 0 bridgehead atoms. The van der Waals surface area contributed by atoms with Gasteiger partial charge in [-0.3, -0.25) is 0 Å². The molecule has 0 fully saturated rings. The number of aromatic nitrogens is 3. The van der Waals surface area contributed by atoms with Crippen LogP contribution in [0.25, 0.3) is 92.8 Å². The first-order valence-corrected chi connectivity index (χ1v) is 15.3. The van der Waals surface area contributed by atoms with Crippen molar-refractivity contribution in [3.05, 3.63) is 127 Å². The van der Waals surface area contributed by atoms with E-state index in [1.54, 1.807) is 0 Å². The molecular formula is C38H21N3O2S. The van der Waals surface area contributed by atoms with Gasteiger partial charge in [-0.05, 0) is 84.9 Å². The van der Waals surface area contributed by atoms with Crippen LogP contribution in [0.2, 0.25) is 0 Å². The Balaban J connectivity index is 1.24. The Kier molecular flexibility index (Phi) is 4.81. The Hall–Kier alpha value is -5.72. The van der Waals surface area contributed by atoms with Gasteiger partial charge in [-0.1, -0.05) is 42.5 Å². The average molecular weight is 584 g/mol. The zero-order valence-corrected chi connectivity index (χ0v) is 24.0. The molecule has 5 nitrogen and oxygen atoms in total. The van der Waals surface area contributed by atoms with Crippen LogP contribution in [0.3, 0.4) is 0 Å². The van der Waals surface area contributed by atoms with Gasteiger partial charge >= 0.3 is 0 Å². The van der Waals surface area contributed by atoms with Crippen molar-refractivity contribution in [2.24, 2.45) is 0 Å². The molecule has 0 aliphatic heterocycles. The van der Waals surface area contributed by atoms with Crippen molar-refractivity contribution in [3.8, 4) is 28.6 Å². The SMILES string of the molecule is c1ccc2oc(-c3ccc4c(c3)c3cc(-c5nc6ccccc6o5)ccc3n4-c3ccc4sc5ccccc5c4c3)nc2c1.